The molecule has 0 N–H and O–H groups in total. The third-order valence-electron chi connectivity index (χ3n) is 5.79. The summed E-state index contributed by atoms with van der Waals surface area (Å²) < 4.78 is 15.7. The van der Waals surface area contributed by atoms with Gasteiger partial charge in [0.05, 0.1) is 32.6 Å². The molecule has 8 heteroatoms. The van der Waals surface area contributed by atoms with Crippen molar-refractivity contribution in [3.8, 4) is 11.5 Å². The first kappa shape index (κ1) is 25.2. The van der Waals surface area contributed by atoms with Gasteiger partial charge in [-0.1, -0.05) is 26.0 Å². The van der Waals surface area contributed by atoms with Crippen LogP contribution in [0.3, 0.4) is 0 Å². The summed E-state index contributed by atoms with van der Waals surface area (Å²) in [6.07, 6.45) is 0.556. The standard InChI is InChI=1S/C26H33N3O5/c1-18(2)26(31)28(14-15-32-3)17-25(30)29-24(20-8-12-22(34-5)13-9-20)16-23(27-29)19-6-10-21(33-4)11-7-19/h6-13,18,24H,14-17H2,1-5H3. The molecule has 8 nitrogen and oxygen atoms in total. The highest BCUT2D eigenvalue weighted by Crippen LogP contribution is 2.34. The van der Waals surface area contributed by atoms with E-state index >= 15 is 0 Å². The van der Waals surface area contributed by atoms with Gasteiger partial charge in [-0.15, -0.1) is 0 Å². The van der Waals surface area contributed by atoms with Crippen molar-refractivity contribution < 1.29 is 23.8 Å². The van der Waals surface area contributed by atoms with Crippen LogP contribution in [0.1, 0.15) is 37.4 Å². The maximum Gasteiger partial charge on any atom is 0.262 e. The van der Waals surface area contributed by atoms with Crippen LogP contribution < -0.4 is 9.47 Å². The molecular weight excluding hydrogens is 434 g/mol. The Morgan fingerprint density at radius 2 is 1.59 bits per heavy atom. The molecule has 1 aliphatic heterocycles. The zero-order valence-electron chi connectivity index (χ0n) is 20.5. The predicted octanol–water partition coefficient (Wildman–Crippen LogP) is 3.51. The first-order chi connectivity index (χ1) is 16.4. The van der Waals surface area contributed by atoms with Crippen LogP contribution in [0.5, 0.6) is 11.5 Å². The highest BCUT2D eigenvalue weighted by Gasteiger charge is 2.34. The van der Waals surface area contributed by atoms with Gasteiger partial charge in [-0.05, 0) is 47.5 Å². The second-order valence-electron chi connectivity index (χ2n) is 8.41. The zero-order valence-corrected chi connectivity index (χ0v) is 20.5. The summed E-state index contributed by atoms with van der Waals surface area (Å²) in [5, 5.41) is 6.22. The lowest BCUT2D eigenvalue weighted by atomic mass is 9.98. The fourth-order valence-electron chi connectivity index (χ4n) is 3.85. The van der Waals surface area contributed by atoms with E-state index in [4.69, 9.17) is 19.3 Å². The van der Waals surface area contributed by atoms with E-state index in [1.54, 1.807) is 26.2 Å². The Bertz CT molecular complexity index is 1000. The normalized spacial score (nSPS) is 15.3. The van der Waals surface area contributed by atoms with E-state index in [1.807, 2.05) is 62.4 Å². The minimum absolute atomic E-state index is 0.0631. The molecule has 3 rings (SSSR count). The number of hydrazone groups is 1. The number of methoxy groups -OCH3 is 3. The number of amides is 2. The van der Waals surface area contributed by atoms with Crippen molar-refractivity contribution in [2.45, 2.75) is 26.3 Å². The van der Waals surface area contributed by atoms with Gasteiger partial charge in [0.1, 0.15) is 18.0 Å². The van der Waals surface area contributed by atoms with Gasteiger partial charge in [0, 0.05) is 26.0 Å². The number of hydrogen-bond donors (Lipinski definition) is 0. The Labute approximate surface area is 201 Å². The van der Waals surface area contributed by atoms with E-state index in [1.165, 1.54) is 5.01 Å². The van der Waals surface area contributed by atoms with Crippen LogP contribution in [-0.2, 0) is 14.3 Å². The molecule has 1 unspecified atom stereocenters. The van der Waals surface area contributed by atoms with Gasteiger partial charge < -0.3 is 19.1 Å². The lowest BCUT2D eigenvalue weighted by molar-refractivity contribution is -0.143. The topological polar surface area (TPSA) is 80.7 Å². The van der Waals surface area contributed by atoms with Crippen LogP contribution in [0.2, 0.25) is 0 Å². The minimum Gasteiger partial charge on any atom is -0.497 e. The Morgan fingerprint density at radius 1 is 1.00 bits per heavy atom. The molecule has 0 fully saturated rings. The molecule has 1 aliphatic rings. The van der Waals surface area contributed by atoms with Gasteiger partial charge in [-0.25, -0.2) is 5.01 Å². The van der Waals surface area contributed by atoms with Crippen molar-refractivity contribution in [3.05, 3.63) is 59.7 Å². The zero-order chi connectivity index (χ0) is 24.7. The molecule has 182 valence electrons. The molecule has 0 aliphatic carbocycles. The number of nitrogens with zero attached hydrogens (tertiary/aromatic N) is 3. The summed E-state index contributed by atoms with van der Waals surface area (Å²) in [5.74, 6) is 0.936. The number of ether oxygens (including phenoxy) is 3. The fraction of sp³-hybridized carbons (Fsp3) is 0.423. The van der Waals surface area contributed by atoms with Gasteiger partial charge in [-0.3, -0.25) is 9.59 Å². The van der Waals surface area contributed by atoms with Crippen LogP contribution in [0.4, 0.5) is 0 Å². The summed E-state index contributed by atoms with van der Waals surface area (Å²) in [6.45, 7) is 4.28. The molecule has 0 bridgehead atoms. The molecule has 1 atom stereocenters. The molecule has 34 heavy (non-hydrogen) atoms. The van der Waals surface area contributed by atoms with Gasteiger partial charge in [0.25, 0.3) is 5.91 Å². The first-order valence-electron chi connectivity index (χ1n) is 11.3. The third kappa shape index (κ3) is 5.94. The summed E-state index contributed by atoms with van der Waals surface area (Å²) >= 11 is 0. The average molecular weight is 468 g/mol. The van der Waals surface area contributed by atoms with Crippen LogP contribution in [0, 0.1) is 5.92 Å². The molecule has 0 radical (unpaired) electrons. The van der Waals surface area contributed by atoms with Crippen molar-refractivity contribution in [3.63, 3.8) is 0 Å². The average Bonchev–Trinajstić information content (AvgIpc) is 3.31. The van der Waals surface area contributed by atoms with Crippen molar-refractivity contribution in [1.82, 2.24) is 9.91 Å². The molecule has 2 aromatic carbocycles. The number of carbonyl (C=O) groups excluding carboxylic acids is 2. The Kier molecular flexibility index (Phi) is 8.65. The largest absolute Gasteiger partial charge is 0.497 e. The van der Waals surface area contributed by atoms with Crippen molar-refractivity contribution in [2.24, 2.45) is 11.0 Å². The van der Waals surface area contributed by atoms with Gasteiger partial charge >= 0.3 is 0 Å². The van der Waals surface area contributed by atoms with Gasteiger partial charge in [0.2, 0.25) is 5.91 Å². The molecule has 0 saturated heterocycles. The van der Waals surface area contributed by atoms with Crippen molar-refractivity contribution in [2.75, 3.05) is 41.0 Å². The monoisotopic (exact) mass is 467 g/mol. The van der Waals surface area contributed by atoms with Crippen LogP contribution in [0.15, 0.2) is 53.6 Å². The highest BCUT2D eigenvalue weighted by atomic mass is 16.5. The quantitative estimate of drug-likeness (QED) is 0.534. The van der Waals surface area contributed by atoms with Gasteiger partial charge in [0.15, 0.2) is 0 Å². The molecular formula is C26H33N3O5. The second-order valence-corrected chi connectivity index (χ2v) is 8.41. The van der Waals surface area contributed by atoms with Crippen LogP contribution in [-0.4, -0.2) is 68.5 Å². The number of hydrogen-bond acceptors (Lipinski definition) is 6. The third-order valence-corrected chi connectivity index (χ3v) is 5.79. The lowest BCUT2D eigenvalue weighted by Gasteiger charge is -2.28. The molecule has 0 saturated carbocycles. The maximum atomic E-state index is 13.5. The maximum absolute atomic E-state index is 13.5. The fourth-order valence-corrected chi connectivity index (χ4v) is 3.85. The number of carbonyl (C=O) groups is 2. The summed E-state index contributed by atoms with van der Waals surface area (Å²) in [7, 11) is 4.81. The van der Waals surface area contributed by atoms with Crippen LogP contribution >= 0.6 is 0 Å². The Hall–Kier alpha value is -3.39. The SMILES string of the molecule is COCCN(CC(=O)N1N=C(c2ccc(OC)cc2)CC1c1ccc(OC)cc1)C(=O)C(C)C. The minimum atomic E-state index is -0.283. The van der Waals surface area contributed by atoms with Gasteiger partial charge in [-0.2, -0.15) is 5.10 Å². The molecule has 2 aromatic rings. The molecule has 0 aromatic heterocycles. The van der Waals surface area contributed by atoms with E-state index in [9.17, 15) is 9.59 Å². The van der Waals surface area contributed by atoms with E-state index in [2.05, 4.69) is 0 Å². The van der Waals surface area contributed by atoms with E-state index in [0.717, 1.165) is 28.3 Å². The molecule has 1 heterocycles. The Morgan fingerprint density at radius 3 is 2.12 bits per heavy atom. The Balaban J connectivity index is 1.90. The summed E-state index contributed by atoms with van der Waals surface area (Å²) in [6, 6.07) is 15.0. The smallest absolute Gasteiger partial charge is 0.262 e. The predicted molar refractivity (Wildman–Crippen MR) is 130 cm³/mol. The molecule has 0 spiro atoms. The highest BCUT2D eigenvalue weighted by molar-refractivity contribution is 6.03. The van der Waals surface area contributed by atoms with E-state index < -0.39 is 0 Å². The van der Waals surface area contributed by atoms with E-state index in [-0.39, 0.29) is 30.3 Å². The summed E-state index contributed by atoms with van der Waals surface area (Å²) in [4.78, 5) is 27.7. The first-order valence-corrected chi connectivity index (χ1v) is 11.3. The van der Waals surface area contributed by atoms with E-state index in [0.29, 0.717) is 19.6 Å². The second kappa shape index (κ2) is 11.7. The number of benzene rings is 2. The lowest BCUT2D eigenvalue weighted by Crippen LogP contribution is -2.44. The van der Waals surface area contributed by atoms with Crippen molar-refractivity contribution in [1.29, 1.82) is 0 Å². The molecule has 2 amide bonds. The van der Waals surface area contributed by atoms with Crippen LogP contribution in [0.25, 0.3) is 0 Å². The van der Waals surface area contributed by atoms with Crippen molar-refractivity contribution >= 4 is 17.5 Å². The number of rotatable bonds is 10. The summed E-state index contributed by atoms with van der Waals surface area (Å²) in [5.41, 5.74) is 2.67.